The molecular weight excluding hydrogens is 408 g/mol. The van der Waals surface area contributed by atoms with E-state index in [1.54, 1.807) is 11.3 Å². The Morgan fingerprint density at radius 1 is 0.645 bits per heavy atom. The first-order valence-corrected chi connectivity index (χ1v) is 11.6. The SMILES string of the molecule is CCCCC(=O)Oc1ccc(-c2ccc(-c3ccc(OC(=O)CCCC)cc3)s2)cc1. The summed E-state index contributed by atoms with van der Waals surface area (Å²) >= 11 is 1.69. The molecule has 0 atom stereocenters. The number of rotatable bonds is 10. The van der Waals surface area contributed by atoms with E-state index in [0.29, 0.717) is 24.3 Å². The van der Waals surface area contributed by atoms with Gasteiger partial charge in [-0.3, -0.25) is 9.59 Å². The Bertz CT molecular complexity index is 907. The van der Waals surface area contributed by atoms with Gasteiger partial charge in [-0.25, -0.2) is 0 Å². The van der Waals surface area contributed by atoms with Gasteiger partial charge >= 0.3 is 11.9 Å². The molecule has 0 saturated carbocycles. The van der Waals surface area contributed by atoms with Gasteiger partial charge in [0.25, 0.3) is 0 Å². The number of benzene rings is 2. The van der Waals surface area contributed by atoms with Gasteiger partial charge in [-0.05, 0) is 84.6 Å². The third-order valence-electron chi connectivity index (χ3n) is 4.82. The van der Waals surface area contributed by atoms with E-state index in [9.17, 15) is 9.59 Å². The molecule has 0 unspecified atom stereocenters. The second-order valence-corrected chi connectivity index (χ2v) is 8.45. The van der Waals surface area contributed by atoms with Crippen LogP contribution in [0.2, 0.25) is 0 Å². The van der Waals surface area contributed by atoms with Crippen LogP contribution in [-0.4, -0.2) is 11.9 Å². The van der Waals surface area contributed by atoms with E-state index >= 15 is 0 Å². The van der Waals surface area contributed by atoms with Gasteiger partial charge < -0.3 is 9.47 Å². The molecule has 162 valence electrons. The number of carbonyl (C=O) groups excluding carboxylic acids is 2. The molecule has 5 heteroatoms. The van der Waals surface area contributed by atoms with Crippen LogP contribution in [0.1, 0.15) is 52.4 Å². The number of ether oxygens (including phenoxy) is 2. The molecule has 31 heavy (non-hydrogen) atoms. The Balaban J connectivity index is 1.62. The molecule has 0 radical (unpaired) electrons. The first-order chi connectivity index (χ1) is 15.1. The monoisotopic (exact) mass is 436 g/mol. The molecule has 0 aliphatic heterocycles. The van der Waals surface area contributed by atoms with Gasteiger partial charge in [0.05, 0.1) is 0 Å². The van der Waals surface area contributed by atoms with Crippen LogP contribution in [0.25, 0.3) is 20.9 Å². The Labute approximate surface area is 187 Å². The molecule has 0 saturated heterocycles. The van der Waals surface area contributed by atoms with E-state index < -0.39 is 0 Å². The Morgan fingerprint density at radius 3 is 1.39 bits per heavy atom. The Morgan fingerprint density at radius 2 is 1.03 bits per heavy atom. The van der Waals surface area contributed by atoms with Crippen LogP contribution in [0.3, 0.4) is 0 Å². The number of hydrogen-bond donors (Lipinski definition) is 0. The summed E-state index contributed by atoms with van der Waals surface area (Å²) in [4.78, 5) is 25.8. The third kappa shape index (κ3) is 6.79. The minimum absolute atomic E-state index is 0.188. The lowest BCUT2D eigenvalue weighted by atomic mass is 10.1. The van der Waals surface area contributed by atoms with E-state index in [2.05, 4.69) is 26.0 Å². The van der Waals surface area contributed by atoms with Crippen LogP contribution < -0.4 is 9.47 Å². The average molecular weight is 437 g/mol. The summed E-state index contributed by atoms with van der Waals surface area (Å²) < 4.78 is 10.7. The van der Waals surface area contributed by atoms with E-state index in [0.717, 1.165) is 46.6 Å². The first kappa shape index (κ1) is 22.8. The molecule has 0 spiro atoms. The maximum Gasteiger partial charge on any atom is 0.311 e. The summed E-state index contributed by atoms with van der Waals surface area (Å²) in [5, 5.41) is 0. The molecule has 0 aliphatic carbocycles. The number of esters is 2. The highest BCUT2D eigenvalue weighted by molar-refractivity contribution is 7.18. The van der Waals surface area contributed by atoms with Crippen molar-refractivity contribution in [1.29, 1.82) is 0 Å². The maximum absolute atomic E-state index is 11.8. The smallest absolute Gasteiger partial charge is 0.311 e. The highest BCUT2D eigenvalue weighted by atomic mass is 32.1. The van der Waals surface area contributed by atoms with Crippen molar-refractivity contribution >= 4 is 23.3 Å². The fourth-order valence-corrected chi connectivity index (χ4v) is 4.05. The standard InChI is InChI=1S/C26H28O4S/c1-3-5-7-25(27)29-21-13-9-19(10-14-21)23-17-18-24(31-23)20-11-15-22(16-12-20)30-26(28)8-6-4-2/h9-18H,3-8H2,1-2H3. The zero-order valence-electron chi connectivity index (χ0n) is 18.1. The summed E-state index contributed by atoms with van der Waals surface area (Å²) in [5.74, 6) is 0.774. The third-order valence-corrected chi connectivity index (χ3v) is 6.00. The molecule has 3 aromatic rings. The first-order valence-electron chi connectivity index (χ1n) is 10.8. The van der Waals surface area contributed by atoms with Gasteiger partial charge in [0.2, 0.25) is 0 Å². The molecule has 0 amide bonds. The molecule has 0 fully saturated rings. The van der Waals surface area contributed by atoms with Crippen molar-refractivity contribution in [3.63, 3.8) is 0 Å². The summed E-state index contributed by atoms with van der Waals surface area (Å²) in [7, 11) is 0. The second kappa shape index (κ2) is 11.5. The molecule has 3 rings (SSSR count). The van der Waals surface area contributed by atoms with Gasteiger partial charge in [0, 0.05) is 22.6 Å². The normalized spacial score (nSPS) is 10.6. The average Bonchev–Trinajstić information content (AvgIpc) is 3.27. The van der Waals surface area contributed by atoms with Crippen molar-refractivity contribution in [2.75, 3.05) is 0 Å². The van der Waals surface area contributed by atoms with Gasteiger partial charge in [-0.15, -0.1) is 11.3 Å². The fourth-order valence-electron chi connectivity index (χ4n) is 3.03. The predicted molar refractivity (Wildman–Crippen MR) is 126 cm³/mol. The quantitative estimate of drug-likeness (QED) is 0.248. The maximum atomic E-state index is 11.8. The summed E-state index contributed by atoms with van der Waals surface area (Å²) in [5.41, 5.74) is 2.15. The zero-order valence-corrected chi connectivity index (χ0v) is 18.9. The number of unbranched alkanes of at least 4 members (excludes halogenated alkanes) is 2. The molecule has 0 bridgehead atoms. The van der Waals surface area contributed by atoms with Gasteiger partial charge in [-0.1, -0.05) is 26.7 Å². The number of hydrogen-bond acceptors (Lipinski definition) is 5. The number of thiophene rings is 1. The van der Waals surface area contributed by atoms with E-state index in [-0.39, 0.29) is 11.9 Å². The highest BCUT2D eigenvalue weighted by Gasteiger charge is 2.09. The minimum Gasteiger partial charge on any atom is -0.427 e. The predicted octanol–water partition coefficient (Wildman–Crippen LogP) is 7.27. The lowest BCUT2D eigenvalue weighted by Crippen LogP contribution is -2.07. The molecule has 1 aromatic heterocycles. The largest absolute Gasteiger partial charge is 0.427 e. The summed E-state index contributed by atoms with van der Waals surface area (Å²) in [6.07, 6.45) is 4.53. The fraction of sp³-hybridized carbons (Fsp3) is 0.308. The lowest BCUT2D eigenvalue weighted by Gasteiger charge is -2.05. The van der Waals surface area contributed by atoms with Crippen LogP contribution in [0.5, 0.6) is 11.5 Å². The van der Waals surface area contributed by atoms with E-state index in [4.69, 9.17) is 9.47 Å². The van der Waals surface area contributed by atoms with Crippen LogP contribution in [0, 0.1) is 0 Å². The van der Waals surface area contributed by atoms with Crippen LogP contribution in [0.15, 0.2) is 60.7 Å². The van der Waals surface area contributed by atoms with Gasteiger partial charge in [-0.2, -0.15) is 0 Å². The van der Waals surface area contributed by atoms with E-state index in [1.165, 1.54) is 0 Å². The second-order valence-electron chi connectivity index (χ2n) is 7.37. The van der Waals surface area contributed by atoms with Crippen molar-refractivity contribution in [1.82, 2.24) is 0 Å². The van der Waals surface area contributed by atoms with Crippen molar-refractivity contribution in [2.24, 2.45) is 0 Å². The molecule has 0 aliphatic rings. The van der Waals surface area contributed by atoms with Crippen molar-refractivity contribution in [2.45, 2.75) is 52.4 Å². The Hall–Kier alpha value is -2.92. The van der Waals surface area contributed by atoms with Gasteiger partial charge in [0.15, 0.2) is 0 Å². The van der Waals surface area contributed by atoms with Crippen LogP contribution >= 0.6 is 11.3 Å². The zero-order chi connectivity index (χ0) is 22.1. The van der Waals surface area contributed by atoms with Crippen molar-refractivity contribution in [3.8, 4) is 32.4 Å². The van der Waals surface area contributed by atoms with Gasteiger partial charge in [0.1, 0.15) is 11.5 Å². The molecule has 2 aromatic carbocycles. The van der Waals surface area contributed by atoms with Crippen LogP contribution in [0.4, 0.5) is 0 Å². The summed E-state index contributed by atoms with van der Waals surface area (Å²) in [6, 6.07) is 19.4. The number of carbonyl (C=O) groups is 2. The lowest BCUT2D eigenvalue weighted by molar-refractivity contribution is -0.135. The molecule has 1 heterocycles. The topological polar surface area (TPSA) is 52.6 Å². The van der Waals surface area contributed by atoms with E-state index in [1.807, 2.05) is 48.5 Å². The Kier molecular flexibility index (Phi) is 8.42. The summed E-state index contributed by atoms with van der Waals surface area (Å²) in [6.45, 7) is 4.10. The molecule has 4 nitrogen and oxygen atoms in total. The minimum atomic E-state index is -0.188. The van der Waals surface area contributed by atoms with Crippen molar-refractivity contribution < 1.29 is 19.1 Å². The molecule has 0 N–H and O–H groups in total. The van der Waals surface area contributed by atoms with Crippen molar-refractivity contribution in [3.05, 3.63) is 60.7 Å². The van der Waals surface area contributed by atoms with Crippen LogP contribution in [-0.2, 0) is 9.59 Å². The molecular formula is C26H28O4S. The highest BCUT2D eigenvalue weighted by Crippen LogP contribution is 2.35.